The van der Waals surface area contributed by atoms with Crippen molar-refractivity contribution in [2.75, 3.05) is 36.5 Å². The average molecular weight is 407 g/mol. The van der Waals surface area contributed by atoms with Crippen LogP contribution in [-0.2, 0) is 4.79 Å². The average Bonchev–Trinajstić information content (AvgIpc) is 2.78. The van der Waals surface area contributed by atoms with Gasteiger partial charge in [-0.25, -0.2) is 0 Å². The molecule has 0 spiro atoms. The highest BCUT2D eigenvalue weighted by atomic mass is 16.6. The van der Waals surface area contributed by atoms with Crippen molar-refractivity contribution in [1.29, 1.82) is 5.26 Å². The van der Waals surface area contributed by atoms with Gasteiger partial charge in [0.1, 0.15) is 24.9 Å². The van der Waals surface area contributed by atoms with E-state index in [0.717, 1.165) is 32.4 Å². The number of fused-ring (bicyclic) bond motifs is 2. The summed E-state index contributed by atoms with van der Waals surface area (Å²) in [6.07, 6.45) is 3.21. The highest BCUT2D eigenvalue weighted by Crippen LogP contribution is 2.41. The molecule has 0 radical (unpaired) electrons. The molecule has 1 amide bonds. The fourth-order valence-electron chi connectivity index (χ4n) is 4.37. The van der Waals surface area contributed by atoms with Gasteiger partial charge >= 0.3 is 0 Å². The summed E-state index contributed by atoms with van der Waals surface area (Å²) >= 11 is 0. The Morgan fingerprint density at radius 3 is 2.63 bits per heavy atom. The van der Waals surface area contributed by atoms with E-state index in [2.05, 4.69) is 21.4 Å². The maximum absolute atomic E-state index is 13.1. The van der Waals surface area contributed by atoms with Gasteiger partial charge in [0.05, 0.1) is 11.6 Å². The Kier molecular flexibility index (Phi) is 4.54. The molecule has 1 fully saturated rings. The fourth-order valence-corrected chi connectivity index (χ4v) is 4.37. The molecule has 1 aromatic carbocycles. The molecule has 2 N–H and O–H groups in total. The second-order valence-electron chi connectivity index (χ2n) is 7.68. The van der Waals surface area contributed by atoms with Gasteiger partial charge in [0.15, 0.2) is 11.5 Å². The predicted octanol–water partition coefficient (Wildman–Crippen LogP) is 1.76. The lowest BCUT2D eigenvalue weighted by atomic mass is 9.79. The molecule has 2 atom stereocenters. The SMILES string of the molecule is N#CC1C(=O)Nc2nc(N3CCCCC3)[nH]c(=O)c2C1c1ccc2c(c1)OCCO2. The summed E-state index contributed by atoms with van der Waals surface area (Å²) in [6.45, 7) is 2.50. The third-order valence-corrected chi connectivity index (χ3v) is 5.83. The number of hydrogen-bond donors (Lipinski definition) is 2. The minimum absolute atomic E-state index is 0.218. The molecule has 0 aliphatic carbocycles. The number of hydrogen-bond acceptors (Lipinski definition) is 7. The van der Waals surface area contributed by atoms with E-state index in [-0.39, 0.29) is 11.4 Å². The van der Waals surface area contributed by atoms with Crippen LogP contribution < -0.4 is 25.2 Å². The van der Waals surface area contributed by atoms with Crippen LogP contribution in [-0.4, -0.2) is 42.2 Å². The van der Waals surface area contributed by atoms with Crippen molar-refractivity contribution in [3.05, 3.63) is 39.7 Å². The lowest BCUT2D eigenvalue weighted by Gasteiger charge is -2.31. The van der Waals surface area contributed by atoms with Crippen molar-refractivity contribution < 1.29 is 14.3 Å². The first-order valence-electron chi connectivity index (χ1n) is 10.1. The summed E-state index contributed by atoms with van der Waals surface area (Å²) in [4.78, 5) is 35.3. The van der Waals surface area contributed by atoms with Gasteiger partial charge in [-0.1, -0.05) is 6.07 Å². The molecular formula is C21H21N5O4. The van der Waals surface area contributed by atoms with E-state index in [1.807, 2.05) is 4.90 Å². The lowest BCUT2D eigenvalue weighted by molar-refractivity contribution is -0.119. The van der Waals surface area contributed by atoms with Crippen LogP contribution in [0.3, 0.4) is 0 Å². The molecule has 9 heteroatoms. The number of carbonyl (C=O) groups is 1. The minimum atomic E-state index is -1.05. The van der Waals surface area contributed by atoms with Crippen molar-refractivity contribution in [3.8, 4) is 17.6 Å². The maximum atomic E-state index is 13.1. The molecule has 30 heavy (non-hydrogen) atoms. The number of nitrogens with zero attached hydrogens (tertiary/aromatic N) is 3. The van der Waals surface area contributed by atoms with E-state index >= 15 is 0 Å². The monoisotopic (exact) mass is 407 g/mol. The van der Waals surface area contributed by atoms with Crippen molar-refractivity contribution in [1.82, 2.24) is 9.97 Å². The predicted molar refractivity (Wildman–Crippen MR) is 108 cm³/mol. The Balaban J connectivity index is 1.62. The normalized spacial score (nSPS) is 22.6. The number of anilines is 2. The van der Waals surface area contributed by atoms with Crippen molar-refractivity contribution in [3.63, 3.8) is 0 Å². The molecule has 5 rings (SSSR count). The smallest absolute Gasteiger partial charge is 0.258 e. The number of benzene rings is 1. The number of nitriles is 1. The van der Waals surface area contributed by atoms with Crippen LogP contribution in [0.4, 0.5) is 11.8 Å². The molecule has 9 nitrogen and oxygen atoms in total. The molecule has 0 saturated carbocycles. The summed E-state index contributed by atoms with van der Waals surface area (Å²) in [5.41, 5.74) is 0.583. The van der Waals surface area contributed by atoms with Gasteiger partial charge in [0, 0.05) is 19.0 Å². The highest BCUT2D eigenvalue weighted by Gasteiger charge is 2.41. The van der Waals surface area contributed by atoms with Crippen molar-refractivity contribution >= 4 is 17.7 Å². The first kappa shape index (κ1) is 18.5. The van der Waals surface area contributed by atoms with Gasteiger partial charge in [-0.05, 0) is 37.0 Å². The van der Waals surface area contributed by atoms with Crippen LogP contribution in [0.15, 0.2) is 23.0 Å². The van der Waals surface area contributed by atoms with Crippen molar-refractivity contribution in [2.45, 2.75) is 25.2 Å². The summed E-state index contributed by atoms with van der Waals surface area (Å²) in [7, 11) is 0. The number of piperidine rings is 1. The Morgan fingerprint density at radius 1 is 1.10 bits per heavy atom. The van der Waals surface area contributed by atoms with E-state index in [9.17, 15) is 14.9 Å². The number of amides is 1. The molecule has 154 valence electrons. The maximum Gasteiger partial charge on any atom is 0.258 e. The molecular weight excluding hydrogens is 386 g/mol. The fraction of sp³-hybridized carbons (Fsp3) is 0.429. The standard InChI is InChI=1S/C21H21N5O4/c22-11-13-16(12-4-5-14-15(10-12)30-9-8-29-14)17-18(23-19(13)27)24-21(25-20(17)28)26-6-2-1-3-7-26/h4-5,10,13,16H,1-3,6-9H2,(H2,23,24,25,27,28). The molecule has 4 heterocycles. The van der Waals surface area contributed by atoms with E-state index in [1.54, 1.807) is 18.2 Å². The quantitative estimate of drug-likeness (QED) is 0.778. The molecule has 2 unspecified atom stereocenters. The number of nitrogens with one attached hydrogen (secondary N) is 2. The molecule has 3 aliphatic heterocycles. The Bertz CT molecular complexity index is 1100. The second-order valence-corrected chi connectivity index (χ2v) is 7.68. The Hall–Kier alpha value is -3.54. The van der Waals surface area contributed by atoms with E-state index in [0.29, 0.717) is 41.8 Å². The van der Waals surface area contributed by atoms with E-state index < -0.39 is 17.7 Å². The third-order valence-electron chi connectivity index (χ3n) is 5.83. The molecule has 1 saturated heterocycles. The van der Waals surface area contributed by atoms with Crippen LogP contribution >= 0.6 is 0 Å². The molecule has 1 aromatic heterocycles. The van der Waals surface area contributed by atoms with E-state index in [4.69, 9.17) is 9.47 Å². The lowest BCUT2D eigenvalue weighted by Crippen LogP contribution is -2.40. The van der Waals surface area contributed by atoms with Gasteiger partial charge in [-0.3, -0.25) is 14.6 Å². The number of H-pyrrole nitrogens is 1. The molecule has 3 aliphatic rings. The van der Waals surface area contributed by atoms with Gasteiger partial charge in [-0.2, -0.15) is 10.2 Å². The summed E-state index contributed by atoms with van der Waals surface area (Å²) < 4.78 is 11.2. The van der Waals surface area contributed by atoms with Crippen LogP contribution in [0, 0.1) is 17.2 Å². The first-order valence-corrected chi connectivity index (χ1v) is 10.1. The topological polar surface area (TPSA) is 120 Å². The number of aromatic nitrogens is 2. The largest absolute Gasteiger partial charge is 0.486 e. The Labute approximate surface area is 172 Å². The zero-order valence-electron chi connectivity index (χ0n) is 16.3. The summed E-state index contributed by atoms with van der Waals surface area (Å²) in [6, 6.07) is 7.30. The number of rotatable bonds is 2. The summed E-state index contributed by atoms with van der Waals surface area (Å²) in [5.74, 6) is -0.452. The Morgan fingerprint density at radius 2 is 1.87 bits per heavy atom. The number of ether oxygens (including phenoxy) is 2. The van der Waals surface area contributed by atoms with E-state index in [1.165, 1.54) is 0 Å². The van der Waals surface area contributed by atoms with Crippen molar-refractivity contribution in [2.24, 2.45) is 5.92 Å². The highest BCUT2D eigenvalue weighted by molar-refractivity contribution is 5.98. The van der Waals surface area contributed by atoms with Gasteiger partial charge in [-0.15, -0.1) is 0 Å². The second kappa shape index (κ2) is 7.37. The number of carbonyl (C=O) groups excluding carboxylic acids is 1. The van der Waals surface area contributed by atoms with Crippen LogP contribution in [0.25, 0.3) is 0 Å². The zero-order chi connectivity index (χ0) is 20.7. The van der Waals surface area contributed by atoms with Crippen LogP contribution in [0.1, 0.15) is 36.3 Å². The van der Waals surface area contributed by atoms with Gasteiger partial charge in [0.25, 0.3) is 5.56 Å². The van der Waals surface area contributed by atoms with Crippen LogP contribution in [0.5, 0.6) is 11.5 Å². The minimum Gasteiger partial charge on any atom is -0.486 e. The summed E-state index contributed by atoms with van der Waals surface area (Å²) in [5, 5.41) is 12.4. The molecule has 0 bridgehead atoms. The molecule has 2 aromatic rings. The van der Waals surface area contributed by atoms with Crippen LogP contribution in [0.2, 0.25) is 0 Å². The third kappa shape index (κ3) is 3.05. The first-order chi connectivity index (χ1) is 14.7. The van der Waals surface area contributed by atoms with Gasteiger partial charge in [0.2, 0.25) is 11.9 Å². The van der Waals surface area contributed by atoms with Gasteiger partial charge < -0.3 is 19.7 Å². The zero-order valence-corrected chi connectivity index (χ0v) is 16.3. The number of aromatic amines is 1.